The van der Waals surface area contributed by atoms with Gasteiger partial charge in [-0.3, -0.25) is 4.98 Å². The normalized spacial score (nSPS) is 8.29. The fourth-order valence-electron chi connectivity index (χ4n) is 1.03. The van der Waals surface area contributed by atoms with E-state index in [1.807, 2.05) is 32.2 Å². The first-order valence-electron chi connectivity index (χ1n) is 4.95. The van der Waals surface area contributed by atoms with E-state index in [9.17, 15) is 0 Å². The van der Waals surface area contributed by atoms with Crippen LogP contribution in [0, 0.1) is 0 Å². The minimum absolute atomic E-state index is 1.13. The van der Waals surface area contributed by atoms with Gasteiger partial charge in [0, 0.05) is 12.4 Å². The monoisotopic (exact) mass is 189 g/mol. The Morgan fingerprint density at radius 3 is 2.43 bits per heavy atom. The SMILES string of the molecule is C=Cc1ccncc1C=C(C)C.CC. The molecule has 0 radical (unpaired) electrons. The van der Waals surface area contributed by atoms with E-state index in [-0.39, 0.29) is 0 Å². The van der Waals surface area contributed by atoms with Crippen molar-refractivity contribution in [3.8, 4) is 0 Å². The minimum atomic E-state index is 1.13. The Morgan fingerprint density at radius 2 is 1.93 bits per heavy atom. The molecule has 0 spiro atoms. The fourth-order valence-corrected chi connectivity index (χ4v) is 1.03. The molecule has 0 bridgehead atoms. The lowest BCUT2D eigenvalue weighted by molar-refractivity contribution is 1.30. The molecule has 0 saturated carbocycles. The van der Waals surface area contributed by atoms with Gasteiger partial charge in [0.15, 0.2) is 0 Å². The van der Waals surface area contributed by atoms with E-state index in [2.05, 4.69) is 31.5 Å². The maximum atomic E-state index is 4.05. The lowest BCUT2D eigenvalue weighted by Crippen LogP contribution is -1.82. The summed E-state index contributed by atoms with van der Waals surface area (Å²) in [4.78, 5) is 4.05. The lowest BCUT2D eigenvalue weighted by atomic mass is 10.1. The molecule has 0 aliphatic carbocycles. The minimum Gasteiger partial charge on any atom is -0.264 e. The summed E-state index contributed by atoms with van der Waals surface area (Å²) in [6.07, 6.45) is 7.57. The second-order valence-electron chi connectivity index (χ2n) is 2.93. The Hall–Kier alpha value is -1.37. The van der Waals surface area contributed by atoms with Gasteiger partial charge in [0.1, 0.15) is 0 Å². The van der Waals surface area contributed by atoms with Crippen LogP contribution in [0.15, 0.2) is 30.6 Å². The lowest BCUT2D eigenvalue weighted by Gasteiger charge is -1.99. The Kier molecular flexibility index (Phi) is 6.38. The predicted octanol–water partition coefficient (Wildman–Crippen LogP) is 4.17. The number of pyridine rings is 1. The molecule has 0 aliphatic rings. The molecule has 1 heterocycles. The molecule has 1 aromatic heterocycles. The quantitative estimate of drug-likeness (QED) is 0.680. The summed E-state index contributed by atoms with van der Waals surface area (Å²) in [6.45, 7) is 11.9. The molecule has 1 heteroatoms. The van der Waals surface area contributed by atoms with E-state index >= 15 is 0 Å². The maximum absolute atomic E-state index is 4.05. The van der Waals surface area contributed by atoms with Crippen molar-refractivity contribution in [3.05, 3.63) is 41.7 Å². The summed E-state index contributed by atoms with van der Waals surface area (Å²) in [5, 5.41) is 0. The van der Waals surface area contributed by atoms with Crippen molar-refractivity contribution in [1.82, 2.24) is 4.98 Å². The van der Waals surface area contributed by atoms with Gasteiger partial charge in [-0.05, 0) is 31.0 Å². The number of nitrogens with zero attached hydrogens (tertiary/aromatic N) is 1. The van der Waals surface area contributed by atoms with Crippen LogP contribution in [-0.2, 0) is 0 Å². The average molecular weight is 189 g/mol. The van der Waals surface area contributed by atoms with Gasteiger partial charge >= 0.3 is 0 Å². The summed E-state index contributed by atoms with van der Waals surface area (Å²) >= 11 is 0. The van der Waals surface area contributed by atoms with Gasteiger partial charge in [0.25, 0.3) is 0 Å². The second kappa shape index (κ2) is 7.07. The molecular formula is C13H19N. The highest BCUT2D eigenvalue weighted by atomic mass is 14.6. The van der Waals surface area contributed by atoms with Gasteiger partial charge < -0.3 is 0 Å². The molecule has 1 nitrogen and oxygen atoms in total. The van der Waals surface area contributed by atoms with E-state index in [0.29, 0.717) is 0 Å². The third-order valence-corrected chi connectivity index (χ3v) is 1.55. The first-order chi connectivity index (χ1) is 6.74. The Labute approximate surface area is 87.2 Å². The van der Waals surface area contributed by atoms with Crippen molar-refractivity contribution < 1.29 is 0 Å². The largest absolute Gasteiger partial charge is 0.264 e. The van der Waals surface area contributed by atoms with Gasteiger partial charge in [-0.25, -0.2) is 0 Å². The summed E-state index contributed by atoms with van der Waals surface area (Å²) in [5.74, 6) is 0. The third-order valence-electron chi connectivity index (χ3n) is 1.55. The highest BCUT2D eigenvalue weighted by Gasteiger charge is 1.93. The van der Waals surface area contributed by atoms with Crippen LogP contribution in [0.2, 0.25) is 0 Å². The predicted molar refractivity (Wildman–Crippen MR) is 65.0 cm³/mol. The standard InChI is InChI=1S/C11H13N.C2H6/c1-4-10-5-6-12-8-11(10)7-9(2)3;1-2/h4-8H,1H2,2-3H3;1-2H3. The molecule has 0 amide bonds. The highest BCUT2D eigenvalue weighted by Crippen LogP contribution is 2.12. The summed E-state index contributed by atoms with van der Waals surface area (Å²) in [7, 11) is 0. The zero-order valence-corrected chi connectivity index (χ0v) is 9.54. The third kappa shape index (κ3) is 4.04. The van der Waals surface area contributed by atoms with Crippen LogP contribution in [0.1, 0.15) is 38.8 Å². The van der Waals surface area contributed by atoms with Crippen molar-refractivity contribution in [1.29, 1.82) is 0 Å². The first kappa shape index (κ1) is 12.6. The number of aromatic nitrogens is 1. The zero-order valence-electron chi connectivity index (χ0n) is 9.54. The van der Waals surface area contributed by atoms with Crippen LogP contribution in [0.4, 0.5) is 0 Å². The summed E-state index contributed by atoms with van der Waals surface area (Å²) in [6, 6.07) is 1.96. The Morgan fingerprint density at radius 1 is 1.29 bits per heavy atom. The smallest absolute Gasteiger partial charge is 0.0346 e. The van der Waals surface area contributed by atoms with Crippen molar-refractivity contribution in [2.45, 2.75) is 27.7 Å². The van der Waals surface area contributed by atoms with Crippen LogP contribution in [0.3, 0.4) is 0 Å². The molecule has 0 atom stereocenters. The van der Waals surface area contributed by atoms with Crippen LogP contribution >= 0.6 is 0 Å². The summed E-state index contributed by atoms with van der Waals surface area (Å²) < 4.78 is 0. The molecule has 1 rings (SSSR count). The number of hydrogen-bond donors (Lipinski definition) is 0. The molecule has 14 heavy (non-hydrogen) atoms. The first-order valence-corrected chi connectivity index (χ1v) is 4.95. The second-order valence-corrected chi connectivity index (χ2v) is 2.93. The van der Waals surface area contributed by atoms with Crippen LogP contribution in [0.5, 0.6) is 0 Å². The molecule has 0 N–H and O–H groups in total. The van der Waals surface area contributed by atoms with E-state index < -0.39 is 0 Å². The van der Waals surface area contributed by atoms with E-state index in [1.54, 1.807) is 6.20 Å². The van der Waals surface area contributed by atoms with Crippen molar-refractivity contribution in [2.75, 3.05) is 0 Å². The van der Waals surface area contributed by atoms with Crippen LogP contribution in [0.25, 0.3) is 12.2 Å². The number of allylic oxidation sites excluding steroid dienone is 1. The van der Waals surface area contributed by atoms with Gasteiger partial charge in [0.2, 0.25) is 0 Å². The van der Waals surface area contributed by atoms with Crippen molar-refractivity contribution in [2.24, 2.45) is 0 Å². The van der Waals surface area contributed by atoms with Gasteiger partial charge in [-0.2, -0.15) is 0 Å². The number of hydrogen-bond acceptors (Lipinski definition) is 1. The van der Waals surface area contributed by atoms with Crippen LogP contribution in [-0.4, -0.2) is 4.98 Å². The highest BCUT2D eigenvalue weighted by molar-refractivity contribution is 5.64. The molecule has 76 valence electrons. The fraction of sp³-hybridized carbons (Fsp3) is 0.308. The molecule has 0 aromatic carbocycles. The topological polar surface area (TPSA) is 12.9 Å². The van der Waals surface area contributed by atoms with Crippen molar-refractivity contribution >= 4 is 12.2 Å². The van der Waals surface area contributed by atoms with Gasteiger partial charge in [0.05, 0.1) is 0 Å². The molecule has 0 aliphatic heterocycles. The Bertz CT molecular complexity index is 307. The molecule has 0 saturated heterocycles. The molecule has 0 unspecified atom stereocenters. The van der Waals surface area contributed by atoms with E-state index in [4.69, 9.17) is 0 Å². The van der Waals surface area contributed by atoms with Gasteiger partial charge in [-0.1, -0.05) is 38.2 Å². The van der Waals surface area contributed by atoms with Crippen LogP contribution < -0.4 is 0 Å². The zero-order chi connectivity index (χ0) is 11.0. The van der Waals surface area contributed by atoms with E-state index in [0.717, 1.165) is 11.1 Å². The molecular weight excluding hydrogens is 170 g/mol. The molecule has 0 fully saturated rings. The van der Waals surface area contributed by atoms with E-state index in [1.165, 1.54) is 5.57 Å². The maximum Gasteiger partial charge on any atom is 0.0346 e. The average Bonchev–Trinajstić information content (AvgIpc) is 2.21. The molecule has 1 aromatic rings. The summed E-state index contributed by atoms with van der Waals surface area (Å²) in [5.41, 5.74) is 3.53. The number of rotatable bonds is 2. The van der Waals surface area contributed by atoms with Crippen molar-refractivity contribution in [3.63, 3.8) is 0 Å². The Balaban J connectivity index is 0.000000791. The van der Waals surface area contributed by atoms with Gasteiger partial charge in [-0.15, -0.1) is 0 Å².